The fourth-order valence-electron chi connectivity index (χ4n) is 4.14. The van der Waals surface area contributed by atoms with Crippen LogP contribution in [-0.2, 0) is 9.47 Å². The Morgan fingerprint density at radius 2 is 0.917 bits per heavy atom. The predicted octanol–water partition coefficient (Wildman–Crippen LogP) is 8.07. The van der Waals surface area contributed by atoms with Crippen molar-refractivity contribution in [3.05, 3.63) is 83.9 Å². The molecule has 0 aromatic heterocycles. The minimum absolute atomic E-state index is 0.173. The molecule has 186 valence electrons. The molecule has 0 heterocycles. The number of esters is 2. The van der Waals surface area contributed by atoms with E-state index < -0.39 is 11.9 Å². The number of hydrogen-bond donors (Lipinski definition) is 0. The van der Waals surface area contributed by atoms with Crippen molar-refractivity contribution in [2.75, 3.05) is 13.2 Å². The summed E-state index contributed by atoms with van der Waals surface area (Å²) in [5, 5.41) is 3.71. The zero-order valence-electron chi connectivity index (χ0n) is 22.0. The Labute approximate surface area is 213 Å². The van der Waals surface area contributed by atoms with E-state index in [-0.39, 0.29) is 24.0 Å². The van der Waals surface area contributed by atoms with Crippen LogP contribution in [0.15, 0.2) is 72.8 Å². The van der Waals surface area contributed by atoms with Crippen LogP contribution in [0.2, 0.25) is 0 Å². The summed E-state index contributed by atoms with van der Waals surface area (Å²) in [7, 11) is 0. The highest BCUT2D eigenvalue weighted by atomic mass is 16.5. The molecular formula is C32H34O4. The highest BCUT2D eigenvalue weighted by Crippen LogP contribution is 2.40. The zero-order chi connectivity index (χ0) is 26.1. The van der Waals surface area contributed by atoms with Crippen molar-refractivity contribution in [2.24, 2.45) is 10.8 Å². The lowest BCUT2D eigenvalue weighted by Crippen LogP contribution is -2.20. The van der Waals surface area contributed by atoms with Crippen LogP contribution in [0.25, 0.3) is 32.7 Å². The molecule has 0 bridgehead atoms. The first-order valence-electron chi connectivity index (χ1n) is 12.3. The fraction of sp³-hybridized carbons (Fsp3) is 0.312. The molecule has 0 amide bonds. The summed E-state index contributed by atoms with van der Waals surface area (Å²) in [6.45, 7) is 12.7. The van der Waals surface area contributed by atoms with Gasteiger partial charge in [-0.25, -0.2) is 9.59 Å². The lowest BCUT2D eigenvalue weighted by Gasteiger charge is -2.22. The molecule has 0 radical (unpaired) electrons. The third-order valence-electron chi connectivity index (χ3n) is 5.82. The maximum absolute atomic E-state index is 13.5. The molecule has 4 nitrogen and oxygen atoms in total. The standard InChI is InChI=1S/C32H34O4/c1-31(2,3)19-35-29(33)25-17-15-21-11-7-9-13-23(21)27(25)28-24-14-10-8-12-22(24)16-18-26(28)30(34)36-20-32(4,5)6/h7-18H,19-20H2,1-6H3. The van der Waals surface area contributed by atoms with Crippen LogP contribution in [0.4, 0.5) is 0 Å². The van der Waals surface area contributed by atoms with E-state index in [1.54, 1.807) is 12.1 Å². The number of rotatable bonds is 5. The quantitative estimate of drug-likeness (QED) is 0.270. The van der Waals surface area contributed by atoms with E-state index in [2.05, 4.69) is 0 Å². The molecule has 0 aliphatic heterocycles. The number of ether oxygens (including phenoxy) is 2. The zero-order valence-corrected chi connectivity index (χ0v) is 22.0. The first kappa shape index (κ1) is 25.4. The molecule has 0 aliphatic carbocycles. The van der Waals surface area contributed by atoms with E-state index in [4.69, 9.17) is 9.47 Å². The van der Waals surface area contributed by atoms with Crippen LogP contribution < -0.4 is 0 Å². The second-order valence-corrected chi connectivity index (χ2v) is 11.7. The molecular weight excluding hydrogens is 448 g/mol. The van der Waals surface area contributed by atoms with E-state index >= 15 is 0 Å². The second-order valence-electron chi connectivity index (χ2n) is 11.7. The third kappa shape index (κ3) is 5.59. The van der Waals surface area contributed by atoms with Gasteiger partial charge in [-0.05, 0) is 44.5 Å². The molecule has 36 heavy (non-hydrogen) atoms. The van der Waals surface area contributed by atoms with Crippen LogP contribution in [-0.4, -0.2) is 25.2 Å². The Kier molecular flexibility index (Phi) is 6.90. The average Bonchev–Trinajstić information content (AvgIpc) is 2.83. The van der Waals surface area contributed by atoms with Gasteiger partial charge in [-0.3, -0.25) is 0 Å². The lowest BCUT2D eigenvalue weighted by atomic mass is 9.87. The molecule has 4 aromatic rings. The normalized spacial score (nSPS) is 12.1. The number of hydrogen-bond acceptors (Lipinski definition) is 4. The van der Waals surface area contributed by atoms with Gasteiger partial charge in [0.25, 0.3) is 0 Å². The van der Waals surface area contributed by atoms with Gasteiger partial charge in [-0.15, -0.1) is 0 Å². The summed E-state index contributed by atoms with van der Waals surface area (Å²) in [5.41, 5.74) is 1.89. The number of fused-ring (bicyclic) bond motifs is 2. The molecule has 4 heteroatoms. The molecule has 0 fully saturated rings. The van der Waals surface area contributed by atoms with Crippen LogP contribution >= 0.6 is 0 Å². The van der Waals surface area contributed by atoms with Gasteiger partial charge in [-0.1, -0.05) is 102 Å². The van der Waals surface area contributed by atoms with E-state index in [0.717, 1.165) is 21.5 Å². The van der Waals surface area contributed by atoms with E-state index in [9.17, 15) is 9.59 Å². The minimum atomic E-state index is -0.410. The molecule has 0 N–H and O–H groups in total. The van der Waals surface area contributed by atoms with Crippen molar-refractivity contribution >= 4 is 33.5 Å². The summed E-state index contributed by atoms with van der Waals surface area (Å²) >= 11 is 0. The van der Waals surface area contributed by atoms with Gasteiger partial charge in [0.2, 0.25) is 0 Å². The molecule has 0 aliphatic rings. The maximum atomic E-state index is 13.5. The summed E-state index contributed by atoms with van der Waals surface area (Å²) in [6, 6.07) is 23.2. The van der Waals surface area contributed by atoms with Crippen molar-refractivity contribution in [1.29, 1.82) is 0 Å². The monoisotopic (exact) mass is 482 g/mol. The molecule has 4 rings (SSSR count). The topological polar surface area (TPSA) is 52.6 Å². The Hall–Kier alpha value is -3.66. The molecule has 0 saturated carbocycles. The average molecular weight is 483 g/mol. The first-order valence-corrected chi connectivity index (χ1v) is 12.3. The summed E-state index contributed by atoms with van der Waals surface area (Å²) in [5.74, 6) is -0.819. The Balaban J connectivity index is 2.00. The highest BCUT2D eigenvalue weighted by Gasteiger charge is 2.26. The van der Waals surface area contributed by atoms with Crippen molar-refractivity contribution in [2.45, 2.75) is 41.5 Å². The van der Waals surface area contributed by atoms with Crippen LogP contribution in [0.1, 0.15) is 62.3 Å². The summed E-state index contributed by atoms with van der Waals surface area (Å²) in [6.07, 6.45) is 0. The van der Waals surface area contributed by atoms with Gasteiger partial charge in [0, 0.05) is 11.1 Å². The molecule has 0 unspecified atom stereocenters. The van der Waals surface area contributed by atoms with Gasteiger partial charge in [0.1, 0.15) is 0 Å². The Morgan fingerprint density at radius 1 is 0.556 bits per heavy atom. The molecule has 4 aromatic carbocycles. The fourth-order valence-corrected chi connectivity index (χ4v) is 4.14. The molecule has 0 saturated heterocycles. The highest BCUT2D eigenvalue weighted by molar-refractivity contribution is 6.17. The van der Waals surface area contributed by atoms with Gasteiger partial charge in [0.05, 0.1) is 24.3 Å². The Bertz CT molecular complexity index is 1320. The van der Waals surface area contributed by atoms with E-state index in [0.29, 0.717) is 22.3 Å². The van der Waals surface area contributed by atoms with Crippen LogP contribution in [0.5, 0.6) is 0 Å². The van der Waals surface area contributed by atoms with Gasteiger partial charge >= 0.3 is 11.9 Å². The van der Waals surface area contributed by atoms with Crippen LogP contribution in [0.3, 0.4) is 0 Å². The van der Waals surface area contributed by atoms with Crippen molar-refractivity contribution in [1.82, 2.24) is 0 Å². The summed E-state index contributed by atoms with van der Waals surface area (Å²) in [4.78, 5) is 26.9. The van der Waals surface area contributed by atoms with Crippen molar-refractivity contribution in [3.8, 4) is 11.1 Å². The Morgan fingerprint density at radius 3 is 1.28 bits per heavy atom. The number of carbonyl (C=O) groups is 2. The smallest absolute Gasteiger partial charge is 0.338 e. The number of carbonyl (C=O) groups excluding carboxylic acids is 2. The van der Waals surface area contributed by atoms with E-state index in [1.165, 1.54) is 0 Å². The SMILES string of the molecule is CC(C)(C)COC(=O)c1ccc2ccccc2c1-c1c(C(=O)OCC(C)(C)C)ccc2ccccc12. The second kappa shape index (κ2) is 9.77. The van der Waals surface area contributed by atoms with Gasteiger partial charge < -0.3 is 9.47 Å². The molecule has 0 atom stereocenters. The van der Waals surface area contributed by atoms with Gasteiger partial charge in [-0.2, -0.15) is 0 Å². The van der Waals surface area contributed by atoms with E-state index in [1.807, 2.05) is 102 Å². The van der Waals surface area contributed by atoms with Crippen molar-refractivity contribution < 1.29 is 19.1 Å². The largest absolute Gasteiger partial charge is 0.462 e. The lowest BCUT2D eigenvalue weighted by molar-refractivity contribution is 0.0359. The first-order chi connectivity index (χ1) is 16.9. The predicted molar refractivity (Wildman–Crippen MR) is 146 cm³/mol. The maximum Gasteiger partial charge on any atom is 0.338 e. The minimum Gasteiger partial charge on any atom is -0.462 e. The van der Waals surface area contributed by atoms with Crippen molar-refractivity contribution in [3.63, 3.8) is 0 Å². The van der Waals surface area contributed by atoms with Gasteiger partial charge in [0.15, 0.2) is 0 Å². The molecule has 0 spiro atoms. The number of benzene rings is 4. The third-order valence-corrected chi connectivity index (χ3v) is 5.82. The summed E-state index contributed by atoms with van der Waals surface area (Å²) < 4.78 is 11.5. The van der Waals surface area contributed by atoms with Crippen LogP contribution in [0, 0.1) is 10.8 Å².